The Morgan fingerprint density at radius 2 is 1.95 bits per heavy atom. The van der Waals surface area contributed by atoms with Gasteiger partial charge in [0.05, 0.1) is 10.8 Å². The summed E-state index contributed by atoms with van der Waals surface area (Å²) < 4.78 is 28.2. The molecular weight excluding hydrogens is 534 g/mol. The van der Waals surface area contributed by atoms with Crippen LogP contribution in [0.1, 0.15) is 65.7 Å². The van der Waals surface area contributed by atoms with E-state index in [-0.39, 0.29) is 41.8 Å². The molecular formula is C30H32F2N4O3S. The van der Waals surface area contributed by atoms with Gasteiger partial charge in [0.1, 0.15) is 6.04 Å². The smallest absolute Gasteiger partial charge is 0.270 e. The normalized spacial score (nSPS) is 23.6. The third-order valence-electron chi connectivity index (χ3n) is 8.59. The molecule has 1 N–H and O–H groups in total. The number of halogens is 2. The van der Waals surface area contributed by atoms with Crippen LogP contribution in [0.3, 0.4) is 0 Å². The molecule has 3 aromatic rings. The summed E-state index contributed by atoms with van der Waals surface area (Å²) in [6.07, 6.45) is 7.44. The number of fused-ring (bicyclic) bond motifs is 2. The summed E-state index contributed by atoms with van der Waals surface area (Å²) in [6.45, 7) is 2.31. The minimum Gasteiger partial charge on any atom is -0.351 e. The minimum atomic E-state index is -2.96. The van der Waals surface area contributed by atoms with E-state index in [4.69, 9.17) is 0 Å². The number of hydrogen-bond acceptors (Lipinski definition) is 5. The Morgan fingerprint density at radius 3 is 2.70 bits per heavy atom. The lowest BCUT2D eigenvalue weighted by molar-refractivity contribution is -0.149. The van der Waals surface area contributed by atoms with Crippen molar-refractivity contribution < 1.29 is 23.2 Å². The summed E-state index contributed by atoms with van der Waals surface area (Å²) in [5.74, 6) is -3.45. The van der Waals surface area contributed by atoms with Crippen molar-refractivity contribution in [3.05, 3.63) is 64.8 Å². The molecule has 3 amide bonds. The van der Waals surface area contributed by atoms with Crippen LogP contribution in [-0.4, -0.2) is 64.2 Å². The van der Waals surface area contributed by atoms with E-state index < -0.39 is 17.9 Å². The van der Waals surface area contributed by atoms with Crippen LogP contribution in [0.2, 0.25) is 0 Å². The number of carbonyl (C=O) groups is 3. The van der Waals surface area contributed by atoms with Crippen molar-refractivity contribution in [1.82, 2.24) is 20.1 Å². The number of likely N-dealkylation sites (tertiary alicyclic amines) is 1. The summed E-state index contributed by atoms with van der Waals surface area (Å²) in [4.78, 5) is 48.4. The van der Waals surface area contributed by atoms with Gasteiger partial charge in [-0.15, -0.1) is 11.3 Å². The van der Waals surface area contributed by atoms with Crippen LogP contribution < -0.4 is 5.32 Å². The second-order valence-electron chi connectivity index (χ2n) is 11.3. The first-order chi connectivity index (χ1) is 19.2. The summed E-state index contributed by atoms with van der Waals surface area (Å²) in [7, 11) is 0. The maximum Gasteiger partial charge on any atom is 0.270 e. The summed E-state index contributed by atoms with van der Waals surface area (Å²) in [6, 6.07) is 9.58. The van der Waals surface area contributed by atoms with Gasteiger partial charge >= 0.3 is 0 Å². The van der Waals surface area contributed by atoms with Crippen LogP contribution in [0.15, 0.2) is 48.8 Å². The first kappa shape index (κ1) is 26.8. The molecule has 3 aliphatic rings. The largest absolute Gasteiger partial charge is 0.351 e. The van der Waals surface area contributed by atoms with Crippen LogP contribution in [0.4, 0.5) is 8.78 Å². The molecule has 3 atom stereocenters. The van der Waals surface area contributed by atoms with E-state index in [1.54, 1.807) is 18.3 Å². The van der Waals surface area contributed by atoms with Gasteiger partial charge in [0.2, 0.25) is 11.8 Å². The molecule has 1 aromatic carbocycles. The lowest BCUT2D eigenvalue weighted by Crippen LogP contribution is -2.57. The topological polar surface area (TPSA) is 82.6 Å². The Balaban J connectivity index is 1.09. The molecule has 210 valence electrons. The van der Waals surface area contributed by atoms with Crippen molar-refractivity contribution in [1.29, 1.82) is 0 Å². The molecule has 0 radical (unpaired) electrons. The van der Waals surface area contributed by atoms with Crippen LogP contribution in [-0.2, 0) is 15.5 Å². The van der Waals surface area contributed by atoms with Gasteiger partial charge < -0.3 is 15.1 Å². The molecule has 3 saturated heterocycles. The standard InChI is InChI=1S/C30H32F2N4O3S/c1-30(31,32)22-7-10-25-20(12-22)13-26(40-25)27(37)34-15-19-4-2-6-23-8-9-24(36(23)28(19)38)29(39)35-16-21(17-35)18-5-3-11-33-14-18/h3,5,7,10-14,19,21,23-24H,2,4,6,8-9,15-17H2,1H3,(H,34,37)/t19?,23-,24-/m0/s1. The quantitative estimate of drug-likeness (QED) is 0.459. The van der Waals surface area contributed by atoms with Crippen molar-refractivity contribution in [3.63, 3.8) is 0 Å². The van der Waals surface area contributed by atoms with E-state index in [1.807, 2.05) is 28.1 Å². The molecule has 2 aromatic heterocycles. The molecule has 1 unspecified atom stereocenters. The number of carbonyl (C=O) groups excluding carboxylic acids is 3. The van der Waals surface area contributed by atoms with Crippen molar-refractivity contribution in [2.24, 2.45) is 5.92 Å². The number of aromatic nitrogens is 1. The predicted octanol–water partition coefficient (Wildman–Crippen LogP) is 4.92. The van der Waals surface area contributed by atoms with E-state index in [0.29, 0.717) is 36.2 Å². The van der Waals surface area contributed by atoms with Gasteiger partial charge in [-0.1, -0.05) is 18.6 Å². The zero-order chi connectivity index (χ0) is 28.0. The van der Waals surface area contributed by atoms with Gasteiger partial charge in [-0.2, -0.15) is 0 Å². The van der Waals surface area contributed by atoms with Crippen molar-refractivity contribution >= 4 is 39.1 Å². The fraction of sp³-hybridized carbons (Fsp3) is 0.467. The molecule has 0 bridgehead atoms. The molecule has 40 heavy (non-hydrogen) atoms. The van der Waals surface area contributed by atoms with Crippen molar-refractivity contribution in [2.75, 3.05) is 19.6 Å². The zero-order valence-corrected chi connectivity index (χ0v) is 23.1. The van der Waals surface area contributed by atoms with Gasteiger partial charge in [-0.3, -0.25) is 19.4 Å². The molecule has 0 aliphatic carbocycles. The Morgan fingerprint density at radius 1 is 1.12 bits per heavy atom. The third kappa shape index (κ3) is 5.09. The van der Waals surface area contributed by atoms with Gasteiger partial charge in [0, 0.05) is 61.2 Å². The fourth-order valence-corrected chi connectivity index (χ4v) is 7.25. The molecule has 3 fully saturated rings. The molecule has 6 rings (SSSR count). The van der Waals surface area contributed by atoms with Gasteiger partial charge in [0.15, 0.2) is 0 Å². The van der Waals surface area contributed by atoms with E-state index in [2.05, 4.69) is 10.3 Å². The van der Waals surface area contributed by atoms with Crippen molar-refractivity contribution in [2.45, 2.75) is 63.0 Å². The van der Waals surface area contributed by atoms with E-state index in [0.717, 1.165) is 36.4 Å². The van der Waals surface area contributed by atoms with Crippen LogP contribution in [0, 0.1) is 5.92 Å². The van der Waals surface area contributed by atoms with E-state index in [9.17, 15) is 23.2 Å². The number of hydrogen-bond donors (Lipinski definition) is 1. The van der Waals surface area contributed by atoms with Gasteiger partial charge in [-0.25, -0.2) is 8.78 Å². The maximum atomic E-state index is 13.7. The predicted molar refractivity (Wildman–Crippen MR) is 148 cm³/mol. The maximum absolute atomic E-state index is 13.7. The number of thiophene rings is 1. The highest BCUT2D eigenvalue weighted by Crippen LogP contribution is 2.37. The Hall–Kier alpha value is -3.40. The molecule has 5 heterocycles. The highest BCUT2D eigenvalue weighted by molar-refractivity contribution is 7.20. The summed E-state index contributed by atoms with van der Waals surface area (Å²) in [5.41, 5.74) is 1.03. The van der Waals surface area contributed by atoms with E-state index in [1.165, 1.54) is 23.5 Å². The highest BCUT2D eigenvalue weighted by Gasteiger charge is 2.47. The average molecular weight is 567 g/mol. The Bertz CT molecular complexity index is 1430. The summed E-state index contributed by atoms with van der Waals surface area (Å²) >= 11 is 1.24. The molecule has 7 nitrogen and oxygen atoms in total. The molecule has 0 saturated carbocycles. The third-order valence-corrected chi connectivity index (χ3v) is 9.70. The van der Waals surface area contributed by atoms with Gasteiger partial charge in [-0.05, 0) is 60.9 Å². The summed E-state index contributed by atoms with van der Waals surface area (Å²) in [5, 5.41) is 3.50. The average Bonchev–Trinajstić information content (AvgIpc) is 3.49. The number of amides is 3. The van der Waals surface area contributed by atoms with Crippen LogP contribution in [0.25, 0.3) is 10.1 Å². The van der Waals surface area contributed by atoms with Crippen LogP contribution >= 0.6 is 11.3 Å². The minimum absolute atomic E-state index is 0.0166. The SMILES string of the molecule is CC(F)(F)c1ccc2sc(C(=O)NCC3CCC[C@H]4CC[C@@H](C(=O)N5CC(c6cccnc6)C5)N4C3=O)cc2c1. The number of benzene rings is 1. The number of nitrogens with zero attached hydrogens (tertiary/aromatic N) is 3. The second kappa shape index (κ2) is 10.5. The molecule has 0 spiro atoms. The Labute approximate surface area is 235 Å². The number of nitrogens with one attached hydrogen (secondary N) is 1. The Kier molecular flexibility index (Phi) is 7.06. The number of rotatable bonds is 6. The van der Waals surface area contributed by atoms with E-state index >= 15 is 0 Å². The lowest BCUT2D eigenvalue weighted by Gasteiger charge is -2.42. The second-order valence-corrected chi connectivity index (χ2v) is 12.4. The van der Waals surface area contributed by atoms with Gasteiger partial charge in [0.25, 0.3) is 11.8 Å². The highest BCUT2D eigenvalue weighted by atomic mass is 32.1. The monoisotopic (exact) mass is 566 g/mol. The lowest BCUT2D eigenvalue weighted by atomic mass is 9.91. The fourth-order valence-electron chi connectivity index (χ4n) is 6.29. The number of alkyl halides is 2. The first-order valence-corrected chi connectivity index (χ1v) is 14.7. The zero-order valence-electron chi connectivity index (χ0n) is 22.3. The molecule has 3 aliphatic heterocycles. The molecule has 10 heteroatoms. The number of pyridine rings is 1. The first-order valence-electron chi connectivity index (χ1n) is 13.9. The van der Waals surface area contributed by atoms with Crippen LogP contribution in [0.5, 0.6) is 0 Å². The van der Waals surface area contributed by atoms with Crippen molar-refractivity contribution in [3.8, 4) is 0 Å².